The Morgan fingerprint density at radius 2 is 1.89 bits per heavy atom. The van der Waals surface area contributed by atoms with Crippen LogP contribution in [-0.2, 0) is 4.74 Å². The molecule has 1 aromatic carbocycles. The molecular formula is C12H14F4O2. The summed E-state index contributed by atoms with van der Waals surface area (Å²) < 4.78 is 53.4. The highest BCUT2D eigenvalue weighted by Crippen LogP contribution is 2.24. The third-order valence-electron chi connectivity index (χ3n) is 2.36. The molecule has 0 aromatic heterocycles. The Morgan fingerprint density at radius 1 is 1.28 bits per heavy atom. The van der Waals surface area contributed by atoms with Crippen molar-refractivity contribution in [1.82, 2.24) is 0 Å². The fraction of sp³-hybridized carbons (Fsp3) is 0.500. The van der Waals surface area contributed by atoms with Crippen LogP contribution in [0.5, 0.6) is 0 Å². The minimum Gasteiger partial charge on any atom is -0.386 e. The zero-order valence-corrected chi connectivity index (χ0v) is 10.0. The number of hydrogen-bond donors (Lipinski definition) is 1. The molecule has 0 heterocycles. The zero-order valence-electron chi connectivity index (χ0n) is 10.0. The summed E-state index contributed by atoms with van der Waals surface area (Å²) in [5.74, 6) is -0.643. The second kappa shape index (κ2) is 5.67. The Bertz CT molecular complexity index is 392. The van der Waals surface area contributed by atoms with E-state index in [4.69, 9.17) is 0 Å². The Kier molecular flexibility index (Phi) is 4.70. The standard InChI is InChI=1S/C12H14F4O2/c1-7-3-8(2)11(9(13)4-7)10(17)5-18-6-12(14,15)16/h3-4,10,17H,5-6H2,1-2H3. The summed E-state index contributed by atoms with van der Waals surface area (Å²) in [6, 6.07) is 2.86. The Labute approximate surface area is 102 Å². The maximum atomic E-state index is 13.6. The van der Waals surface area contributed by atoms with Crippen molar-refractivity contribution in [2.45, 2.75) is 26.1 Å². The number of benzene rings is 1. The van der Waals surface area contributed by atoms with Crippen LogP contribution in [0.1, 0.15) is 22.8 Å². The number of aliphatic hydroxyl groups excluding tert-OH is 1. The average molecular weight is 266 g/mol. The first-order chi connectivity index (χ1) is 8.20. The van der Waals surface area contributed by atoms with Gasteiger partial charge in [0, 0.05) is 5.56 Å². The number of hydrogen-bond acceptors (Lipinski definition) is 2. The van der Waals surface area contributed by atoms with E-state index in [1.165, 1.54) is 6.07 Å². The van der Waals surface area contributed by atoms with Gasteiger partial charge in [0.05, 0.1) is 6.61 Å². The highest BCUT2D eigenvalue weighted by molar-refractivity contribution is 5.33. The fourth-order valence-corrected chi connectivity index (χ4v) is 1.72. The van der Waals surface area contributed by atoms with Crippen LogP contribution < -0.4 is 0 Å². The largest absolute Gasteiger partial charge is 0.411 e. The van der Waals surface area contributed by atoms with Gasteiger partial charge in [-0.05, 0) is 31.0 Å². The molecule has 0 spiro atoms. The summed E-state index contributed by atoms with van der Waals surface area (Å²) in [5.41, 5.74) is 1.13. The van der Waals surface area contributed by atoms with Crippen LogP contribution in [-0.4, -0.2) is 24.5 Å². The molecule has 0 aliphatic heterocycles. The van der Waals surface area contributed by atoms with Crippen molar-refractivity contribution in [3.63, 3.8) is 0 Å². The monoisotopic (exact) mass is 266 g/mol. The first kappa shape index (κ1) is 14.9. The molecule has 0 bridgehead atoms. The van der Waals surface area contributed by atoms with E-state index in [-0.39, 0.29) is 5.56 Å². The predicted octanol–water partition coefficient (Wildman–Crippen LogP) is 3.05. The molecule has 0 saturated carbocycles. The maximum Gasteiger partial charge on any atom is 0.411 e. The van der Waals surface area contributed by atoms with Crippen molar-refractivity contribution in [3.05, 3.63) is 34.6 Å². The maximum absolute atomic E-state index is 13.6. The van der Waals surface area contributed by atoms with Gasteiger partial charge >= 0.3 is 6.18 Å². The van der Waals surface area contributed by atoms with Gasteiger partial charge < -0.3 is 9.84 Å². The van der Waals surface area contributed by atoms with Gasteiger partial charge in [-0.25, -0.2) is 4.39 Å². The second-order valence-corrected chi connectivity index (χ2v) is 4.12. The van der Waals surface area contributed by atoms with Crippen LogP contribution >= 0.6 is 0 Å². The molecule has 0 aliphatic carbocycles. The van der Waals surface area contributed by atoms with Gasteiger partial charge in [0.15, 0.2) is 0 Å². The molecule has 1 rings (SSSR count). The number of alkyl halides is 3. The first-order valence-corrected chi connectivity index (χ1v) is 5.30. The number of halogens is 4. The van der Waals surface area contributed by atoms with E-state index < -0.39 is 31.3 Å². The molecule has 0 fully saturated rings. The van der Waals surface area contributed by atoms with Crippen molar-refractivity contribution in [2.75, 3.05) is 13.2 Å². The van der Waals surface area contributed by atoms with Crippen LogP contribution in [0.25, 0.3) is 0 Å². The lowest BCUT2D eigenvalue weighted by atomic mass is 10.0. The quantitative estimate of drug-likeness (QED) is 0.849. The molecular weight excluding hydrogens is 252 g/mol. The molecule has 0 saturated heterocycles. The normalized spacial score (nSPS) is 13.7. The number of rotatable bonds is 4. The first-order valence-electron chi connectivity index (χ1n) is 5.30. The van der Waals surface area contributed by atoms with E-state index in [1.54, 1.807) is 19.9 Å². The van der Waals surface area contributed by atoms with Crippen LogP contribution in [0.4, 0.5) is 17.6 Å². The smallest absolute Gasteiger partial charge is 0.386 e. The summed E-state index contributed by atoms with van der Waals surface area (Å²) in [7, 11) is 0. The van der Waals surface area contributed by atoms with Crippen LogP contribution in [0.2, 0.25) is 0 Å². The minimum atomic E-state index is -4.46. The fourth-order valence-electron chi connectivity index (χ4n) is 1.72. The summed E-state index contributed by atoms with van der Waals surface area (Å²) in [6.45, 7) is 1.21. The van der Waals surface area contributed by atoms with Crippen LogP contribution in [0.15, 0.2) is 12.1 Å². The molecule has 0 radical (unpaired) electrons. The molecule has 102 valence electrons. The van der Waals surface area contributed by atoms with E-state index in [9.17, 15) is 22.7 Å². The van der Waals surface area contributed by atoms with E-state index in [0.29, 0.717) is 11.1 Å². The number of aliphatic hydroxyl groups is 1. The van der Waals surface area contributed by atoms with Gasteiger partial charge in [-0.1, -0.05) is 6.07 Å². The minimum absolute atomic E-state index is 0.0252. The summed E-state index contributed by atoms with van der Waals surface area (Å²) in [5, 5.41) is 9.64. The van der Waals surface area contributed by atoms with Crippen LogP contribution in [0.3, 0.4) is 0 Å². The molecule has 0 amide bonds. The summed E-state index contributed by atoms with van der Waals surface area (Å²) in [4.78, 5) is 0. The second-order valence-electron chi connectivity index (χ2n) is 4.12. The third kappa shape index (κ3) is 4.27. The lowest BCUT2D eigenvalue weighted by Crippen LogP contribution is -2.20. The lowest BCUT2D eigenvalue weighted by Gasteiger charge is -2.16. The molecule has 6 heteroatoms. The summed E-state index contributed by atoms with van der Waals surface area (Å²) >= 11 is 0. The van der Waals surface area contributed by atoms with Gasteiger partial charge in [0.25, 0.3) is 0 Å². The van der Waals surface area contributed by atoms with E-state index in [1.807, 2.05) is 0 Å². The Balaban J connectivity index is 2.70. The van der Waals surface area contributed by atoms with Gasteiger partial charge in [0.2, 0.25) is 0 Å². The number of ether oxygens (including phenoxy) is 1. The molecule has 1 atom stereocenters. The molecule has 1 aromatic rings. The topological polar surface area (TPSA) is 29.5 Å². The molecule has 0 aliphatic rings. The molecule has 2 nitrogen and oxygen atoms in total. The lowest BCUT2D eigenvalue weighted by molar-refractivity contribution is -0.179. The van der Waals surface area contributed by atoms with Gasteiger partial charge in [0.1, 0.15) is 18.5 Å². The molecule has 1 N–H and O–H groups in total. The highest BCUT2D eigenvalue weighted by atomic mass is 19.4. The van der Waals surface area contributed by atoms with Crippen molar-refractivity contribution in [2.24, 2.45) is 0 Å². The highest BCUT2D eigenvalue weighted by Gasteiger charge is 2.28. The molecule has 1 unspecified atom stereocenters. The van der Waals surface area contributed by atoms with Crippen molar-refractivity contribution >= 4 is 0 Å². The van der Waals surface area contributed by atoms with E-state index in [0.717, 1.165) is 0 Å². The van der Waals surface area contributed by atoms with Gasteiger partial charge in [-0.2, -0.15) is 13.2 Å². The van der Waals surface area contributed by atoms with Crippen molar-refractivity contribution in [1.29, 1.82) is 0 Å². The average Bonchev–Trinajstić information content (AvgIpc) is 2.13. The SMILES string of the molecule is Cc1cc(C)c(C(O)COCC(F)(F)F)c(F)c1. The van der Waals surface area contributed by atoms with E-state index in [2.05, 4.69) is 4.74 Å². The zero-order chi connectivity index (χ0) is 13.9. The van der Waals surface area contributed by atoms with Crippen molar-refractivity contribution < 1.29 is 27.4 Å². The Morgan fingerprint density at radius 3 is 2.39 bits per heavy atom. The third-order valence-corrected chi connectivity index (χ3v) is 2.36. The predicted molar refractivity (Wildman–Crippen MR) is 57.7 cm³/mol. The number of aryl methyl sites for hydroxylation is 2. The summed E-state index contributed by atoms with van der Waals surface area (Å²) in [6.07, 6.45) is -5.87. The van der Waals surface area contributed by atoms with Gasteiger partial charge in [-0.3, -0.25) is 0 Å². The van der Waals surface area contributed by atoms with Gasteiger partial charge in [-0.15, -0.1) is 0 Å². The van der Waals surface area contributed by atoms with E-state index >= 15 is 0 Å². The molecule has 18 heavy (non-hydrogen) atoms. The van der Waals surface area contributed by atoms with Crippen molar-refractivity contribution in [3.8, 4) is 0 Å². The van der Waals surface area contributed by atoms with Crippen LogP contribution in [0, 0.1) is 19.7 Å². The Hall–Kier alpha value is -1.14.